The van der Waals surface area contributed by atoms with Gasteiger partial charge in [-0.15, -0.1) is 0 Å². The maximum absolute atomic E-state index is 13.4. The summed E-state index contributed by atoms with van der Waals surface area (Å²) in [4.78, 5) is 4.15. The minimum atomic E-state index is -0.581. The van der Waals surface area contributed by atoms with Crippen LogP contribution >= 0.6 is 0 Å². The molecule has 1 aromatic carbocycles. The minimum absolute atomic E-state index is 0.0847. The van der Waals surface area contributed by atoms with Crippen LogP contribution in [0.2, 0.25) is 0 Å². The quantitative estimate of drug-likeness (QED) is 0.835. The van der Waals surface area contributed by atoms with Gasteiger partial charge in [0.05, 0.1) is 0 Å². The van der Waals surface area contributed by atoms with Crippen molar-refractivity contribution < 1.29 is 9.13 Å². The number of aromatic nitrogens is 2. The van der Waals surface area contributed by atoms with Gasteiger partial charge in [0.2, 0.25) is 0 Å². The molecular weight excluding hydrogens is 233 g/mol. The Labute approximate surface area is 104 Å². The summed E-state index contributed by atoms with van der Waals surface area (Å²) in [6, 6.07) is 6.12. The molecule has 2 aromatic rings. The van der Waals surface area contributed by atoms with Crippen LogP contribution in [0.3, 0.4) is 0 Å². The number of nitrogens with zero attached hydrogens (tertiary/aromatic N) is 3. The van der Waals surface area contributed by atoms with Gasteiger partial charge >= 0.3 is 0 Å². The average molecular weight is 245 g/mol. The van der Waals surface area contributed by atoms with Gasteiger partial charge in [-0.2, -0.15) is 5.26 Å². The van der Waals surface area contributed by atoms with E-state index >= 15 is 0 Å². The van der Waals surface area contributed by atoms with Crippen LogP contribution in [0.1, 0.15) is 24.4 Å². The molecule has 1 unspecified atom stereocenters. The molecule has 0 radical (unpaired) electrons. The van der Waals surface area contributed by atoms with Crippen LogP contribution < -0.4 is 4.74 Å². The third-order valence-corrected chi connectivity index (χ3v) is 2.61. The van der Waals surface area contributed by atoms with Crippen molar-refractivity contribution in [1.29, 1.82) is 5.26 Å². The van der Waals surface area contributed by atoms with Crippen LogP contribution in [0.25, 0.3) is 0 Å². The Kier molecular flexibility index (Phi) is 3.28. The van der Waals surface area contributed by atoms with Gasteiger partial charge in [0.15, 0.2) is 6.10 Å². The summed E-state index contributed by atoms with van der Waals surface area (Å²) in [6.07, 6.45) is 3.09. The van der Waals surface area contributed by atoms with E-state index in [1.54, 1.807) is 31.5 Å². The van der Waals surface area contributed by atoms with Gasteiger partial charge < -0.3 is 9.30 Å². The van der Waals surface area contributed by atoms with Crippen molar-refractivity contribution in [2.24, 2.45) is 7.05 Å². The molecule has 0 N–H and O–H groups in total. The highest BCUT2D eigenvalue weighted by molar-refractivity contribution is 5.44. The van der Waals surface area contributed by atoms with Crippen molar-refractivity contribution in [2.75, 3.05) is 0 Å². The topological polar surface area (TPSA) is 50.8 Å². The number of ether oxygens (including phenoxy) is 1. The third-order valence-electron chi connectivity index (χ3n) is 2.61. The van der Waals surface area contributed by atoms with Crippen molar-refractivity contribution in [1.82, 2.24) is 9.55 Å². The minimum Gasteiger partial charge on any atom is -0.481 e. The van der Waals surface area contributed by atoms with Crippen molar-refractivity contribution in [2.45, 2.75) is 13.0 Å². The smallest absolute Gasteiger partial charge is 0.153 e. The standard InChI is InChI=1S/C13H12FN3O/c1-9(13-16-6-7-17(13)2)18-12-5-3-4-11(14)10(12)8-15/h3-7,9H,1-2H3. The highest BCUT2D eigenvalue weighted by Crippen LogP contribution is 2.25. The Morgan fingerprint density at radius 1 is 1.50 bits per heavy atom. The van der Waals surface area contributed by atoms with Crippen molar-refractivity contribution >= 4 is 0 Å². The van der Waals surface area contributed by atoms with Gasteiger partial charge in [0.1, 0.15) is 29.0 Å². The lowest BCUT2D eigenvalue weighted by Gasteiger charge is -2.15. The first-order valence-corrected chi connectivity index (χ1v) is 5.46. The Morgan fingerprint density at radius 3 is 2.89 bits per heavy atom. The van der Waals surface area contributed by atoms with E-state index in [0.717, 1.165) is 0 Å². The molecule has 0 aliphatic heterocycles. The van der Waals surface area contributed by atoms with Gasteiger partial charge in [-0.3, -0.25) is 0 Å². The molecule has 1 aromatic heterocycles. The largest absolute Gasteiger partial charge is 0.481 e. The molecule has 0 saturated carbocycles. The predicted molar refractivity (Wildman–Crippen MR) is 63.4 cm³/mol. The number of halogens is 1. The summed E-state index contributed by atoms with van der Waals surface area (Å²) in [5, 5.41) is 8.91. The van der Waals surface area contributed by atoms with Crippen molar-refractivity contribution in [3.05, 3.63) is 47.8 Å². The number of benzene rings is 1. The maximum Gasteiger partial charge on any atom is 0.153 e. The Hall–Kier alpha value is -2.35. The maximum atomic E-state index is 13.4. The monoisotopic (exact) mass is 245 g/mol. The molecule has 0 bridgehead atoms. The van der Waals surface area contributed by atoms with E-state index in [-0.39, 0.29) is 17.4 Å². The molecule has 0 spiro atoms. The summed E-state index contributed by atoms with van der Waals surface area (Å²) in [6.45, 7) is 1.80. The first-order chi connectivity index (χ1) is 8.63. The molecule has 1 heterocycles. The van der Waals surface area contributed by atoms with Gasteiger partial charge in [-0.25, -0.2) is 9.37 Å². The molecule has 0 aliphatic carbocycles. The number of imidazole rings is 1. The third kappa shape index (κ3) is 2.18. The predicted octanol–water partition coefficient (Wildman–Crippen LogP) is 2.57. The van der Waals surface area contributed by atoms with Crippen LogP contribution in [-0.4, -0.2) is 9.55 Å². The molecule has 18 heavy (non-hydrogen) atoms. The van der Waals surface area contributed by atoms with E-state index in [4.69, 9.17) is 10.00 Å². The fraction of sp³-hybridized carbons (Fsp3) is 0.231. The SMILES string of the molecule is CC(Oc1cccc(F)c1C#N)c1nccn1C. The fourth-order valence-electron chi connectivity index (χ4n) is 1.72. The summed E-state index contributed by atoms with van der Waals surface area (Å²) in [5.74, 6) is 0.359. The molecular formula is C13H12FN3O. The molecule has 5 heteroatoms. The lowest BCUT2D eigenvalue weighted by atomic mass is 10.2. The zero-order chi connectivity index (χ0) is 13.1. The van der Waals surface area contributed by atoms with Crippen molar-refractivity contribution in [3.63, 3.8) is 0 Å². The van der Waals surface area contributed by atoms with E-state index in [9.17, 15) is 4.39 Å². The Bertz CT molecular complexity index is 601. The van der Waals surface area contributed by atoms with Gasteiger partial charge in [-0.05, 0) is 19.1 Å². The Morgan fingerprint density at radius 2 is 2.28 bits per heavy atom. The van der Waals surface area contributed by atoms with Crippen LogP contribution in [0.4, 0.5) is 4.39 Å². The number of hydrogen-bond donors (Lipinski definition) is 0. The summed E-state index contributed by atoms with van der Waals surface area (Å²) >= 11 is 0. The molecule has 0 amide bonds. The average Bonchev–Trinajstić information content (AvgIpc) is 2.76. The van der Waals surface area contributed by atoms with E-state index in [1.165, 1.54) is 12.1 Å². The summed E-state index contributed by atoms with van der Waals surface area (Å²) in [5.41, 5.74) is -0.0847. The summed E-state index contributed by atoms with van der Waals surface area (Å²) in [7, 11) is 1.85. The highest BCUT2D eigenvalue weighted by atomic mass is 19.1. The highest BCUT2D eigenvalue weighted by Gasteiger charge is 2.16. The normalized spacial score (nSPS) is 11.9. The van der Waals surface area contributed by atoms with Gasteiger partial charge in [0, 0.05) is 19.4 Å². The second-order valence-corrected chi connectivity index (χ2v) is 3.88. The Balaban J connectivity index is 2.28. The van der Waals surface area contributed by atoms with Gasteiger partial charge in [0.25, 0.3) is 0 Å². The zero-order valence-corrected chi connectivity index (χ0v) is 10.1. The molecule has 0 fully saturated rings. The van der Waals surface area contributed by atoms with E-state index in [1.807, 2.05) is 11.6 Å². The second-order valence-electron chi connectivity index (χ2n) is 3.88. The number of nitriles is 1. The first kappa shape index (κ1) is 12.1. The van der Waals surface area contributed by atoms with Crippen LogP contribution in [0.5, 0.6) is 5.75 Å². The van der Waals surface area contributed by atoms with Crippen LogP contribution in [-0.2, 0) is 7.05 Å². The fourth-order valence-corrected chi connectivity index (χ4v) is 1.72. The molecule has 1 atom stereocenters. The number of hydrogen-bond acceptors (Lipinski definition) is 3. The van der Waals surface area contributed by atoms with E-state index in [2.05, 4.69) is 4.98 Å². The molecule has 92 valence electrons. The van der Waals surface area contributed by atoms with Crippen molar-refractivity contribution in [3.8, 4) is 11.8 Å². The lowest BCUT2D eigenvalue weighted by molar-refractivity contribution is 0.211. The lowest BCUT2D eigenvalue weighted by Crippen LogP contribution is -2.10. The summed E-state index contributed by atoms with van der Waals surface area (Å²) < 4.78 is 20.8. The molecule has 4 nitrogen and oxygen atoms in total. The molecule has 2 rings (SSSR count). The number of rotatable bonds is 3. The van der Waals surface area contributed by atoms with E-state index < -0.39 is 5.82 Å². The first-order valence-electron chi connectivity index (χ1n) is 5.46. The van der Waals surface area contributed by atoms with E-state index in [0.29, 0.717) is 5.82 Å². The molecule has 0 aliphatic rings. The second kappa shape index (κ2) is 4.88. The van der Waals surface area contributed by atoms with Crippen LogP contribution in [0, 0.1) is 17.1 Å². The van der Waals surface area contributed by atoms with Gasteiger partial charge in [-0.1, -0.05) is 6.07 Å². The molecule has 0 saturated heterocycles. The number of aryl methyl sites for hydroxylation is 1. The van der Waals surface area contributed by atoms with Crippen LogP contribution in [0.15, 0.2) is 30.6 Å². The zero-order valence-electron chi connectivity index (χ0n) is 10.1.